The average Bonchev–Trinajstić information content (AvgIpc) is 2.67. The quantitative estimate of drug-likeness (QED) is 0.517. The summed E-state index contributed by atoms with van der Waals surface area (Å²) in [5, 5.41) is 5.10. The fourth-order valence-electron chi connectivity index (χ4n) is 2.46. The van der Waals surface area contributed by atoms with E-state index in [1.54, 1.807) is 6.20 Å². The molecule has 0 aliphatic carbocycles. The van der Waals surface area contributed by atoms with Crippen LogP contribution in [0.15, 0.2) is 29.5 Å². The Balaban J connectivity index is 1.90. The van der Waals surface area contributed by atoms with Crippen LogP contribution in [0.2, 0.25) is 0 Å². The Morgan fingerprint density at radius 1 is 1.14 bits per heavy atom. The molecule has 0 unspecified atom stereocenters. The number of nitrogens with one attached hydrogen (secondary N) is 1. The van der Waals surface area contributed by atoms with Gasteiger partial charge in [-0.15, -0.1) is 0 Å². The summed E-state index contributed by atoms with van der Waals surface area (Å²) in [5.74, 6) is 0. The first kappa shape index (κ1) is 15.9. The predicted octanol–water partition coefficient (Wildman–Crippen LogP) is 3.34. The van der Waals surface area contributed by atoms with Crippen molar-refractivity contribution in [3.8, 4) is 0 Å². The molecule has 1 aromatic heterocycles. The summed E-state index contributed by atoms with van der Waals surface area (Å²) in [6.07, 6.45) is 9.50. The lowest BCUT2D eigenvalue weighted by Gasteiger charge is -2.23. The lowest BCUT2D eigenvalue weighted by Crippen LogP contribution is -2.39. The van der Waals surface area contributed by atoms with Crippen molar-refractivity contribution in [1.82, 2.24) is 15.3 Å². The van der Waals surface area contributed by atoms with Crippen molar-refractivity contribution < 1.29 is 0 Å². The number of hydrazone groups is 1. The molecule has 1 aliphatic rings. The van der Waals surface area contributed by atoms with E-state index >= 15 is 0 Å². The summed E-state index contributed by atoms with van der Waals surface area (Å²) in [6, 6.07) is 5.81. The zero-order valence-electron chi connectivity index (χ0n) is 12.7. The lowest BCUT2D eigenvalue weighted by molar-refractivity contribution is 0.400. The minimum Gasteiger partial charge on any atom is -0.348 e. The van der Waals surface area contributed by atoms with Gasteiger partial charge in [-0.3, -0.25) is 10.4 Å². The largest absolute Gasteiger partial charge is 0.348 e. The summed E-state index contributed by atoms with van der Waals surface area (Å²) in [5.41, 5.74) is 4.75. The summed E-state index contributed by atoms with van der Waals surface area (Å²) in [6.45, 7) is 4.00. The highest BCUT2D eigenvalue weighted by molar-refractivity contribution is 7.80. The fourth-order valence-corrected chi connectivity index (χ4v) is 2.69. The predicted molar refractivity (Wildman–Crippen MR) is 91.5 cm³/mol. The maximum atomic E-state index is 5.48. The van der Waals surface area contributed by atoms with Crippen LogP contribution in [0.1, 0.15) is 51.1 Å². The van der Waals surface area contributed by atoms with Crippen LogP contribution in [0, 0.1) is 0 Å². The monoisotopic (exact) mass is 304 g/mol. The fraction of sp³-hybridized carbons (Fsp3) is 0.562. The molecule has 0 amide bonds. The summed E-state index contributed by atoms with van der Waals surface area (Å²) >= 11 is 5.48. The van der Waals surface area contributed by atoms with Gasteiger partial charge in [-0.2, -0.15) is 5.10 Å². The van der Waals surface area contributed by atoms with E-state index < -0.39 is 0 Å². The number of hydrogen-bond donors (Lipinski definition) is 1. The molecule has 0 bridgehead atoms. The van der Waals surface area contributed by atoms with Crippen LogP contribution in [0.3, 0.4) is 0 Å². The van der Waals surface area contributed by atoms with Gasteiger partial charge in [0.05, 0.1) is 11.4 Å². The Hall–Kier alpha value is -1.49. The number of thiocarbonyl (C=S) groups is 1. The topological polar surface area (TPSA) is 40.5 Å². The number of rotatable bonds is 2. The highest BCUT2D eigenvalue weighted by atomic mass is 32.1. The van der Waals surface area contributed by atoms with Gasteiger partial charge in [0, 0.05) is 19.3 Å². The second kappa shape index (κ2) is 8.72. The maximum absolute atomic E-state index is 5.48. The molecule has 1 aliphatic heterocycles. The minimum atomic E-state index is 0.729. The third-order valence-electron chi connectivity index (χ3n) is 3.75. The Morgan fingerprint density at radius 3 is 2.43 bits per heavy atom. The molecule has 2 heterocycles. The van der Waals surface area contributed by atoms with Crippen LogP contribution in [-0.2, 0) is 0 Å². The smallest absolute Gasteiger partial charge is 0.189 e. The van der Waals surface area contributed by atoms with Crippen LogP contribution >= 0.6 is 12.2 Å². The van der Waals surface area contributed by atoms with E-state index in [0.717, 1.165) is 29.6 Å². The molecule has 5 heteroatoms. The molecule has 0 radical (unpaired) electrons. The Kier molecular flexibility index (Phi) is 6.60. The first-order chi connectivity index (χ1) is 10.3. The number of nitrogens with zero attached hydrogens (tertiary/aromatic N) is 3. The molecule has 0 aromatic carbocycles. The van der Waals surface area contributed by atoms with Gasteiger partial charge in [-0.25, -0.2) is 0 Å². The molecule has 114 valence electrons. The number of aromatic nitrogens is 1. The molecule has 4 nitrogen and oxygen atoms in total. The normalized spacial score (nSPS) is 17.6. The van der Waals surface area contributed by atoms with Gasteiger partial charge in [0.1, 0.15) is 0 Å². The van der Waals surface area contributed by atoms with Crippen LogP contribution in [0.25, 0.3) is 0 Å². The molecule has 1 saturated heterocycles. The molecule has 0 saturated carbocycles. The molecule has 1 aromatic rings. The minimum absolute atomic E-state index is 0.729. The van der Waals surface area contributed by atoms with E-state index in [4.69, 9.17) is 12.2 Å². The summed E-state index contributed by atoms with van der Waals surface area (Å²) in [4.78, 5) is 6.53. The third-order valence-corrected chi connectivity index (χ3v) is 4.10. The lowest BCUT2D eigenvalue weighted by atomic mass is 10.1. The van der Waals surface area contributed by atoms with E-state index in [2.05, 4.69) is 20.4 Å². The van der Waals surface area contributed by atoms with Crippen molar-refractivity contribution in [2.75, 3.05) is 13.1 Å². The standard InChI is InChI=1S/C16H24N4S/c1-14(15-10-6-7-11-17-15)18-19-16(21)20-12-8-4-2-3-5-9-13-20/h6-7,10-11H,2-5,8-9,12-13H2,1H3,(H,19,21)/b18-14-. The van der Waals surface area contributed by atoms with Gasteiger partial charge < -0.3 is 4.90 Å². The number of hydrogen-bond acceptors (Lipinski definition) is 3. The van der Waals surface area contributed by atoms with Gasteiger partial charge in [0.25, 0.3) is 0 Å². The van der Waals surface area contributed by atoms with E-state index in [1.165, 1.54) is 38.5 Å². The van der Waals surface area contributed by atoms with Crippen molar-refractivity contribution >= 4 is 23.0 Å². The van der Waals surface area contributed by atoms with Gasteiger partial charge in [0.15, 0.2) is 5.11 Å². The SMILES string of the molecule is C/C(=N/NC(=S)N1CCCCCCCC1)c1ccccn1. The number of pyridine rings is 1. The van der Waals surface area contributed by atoms with Crippen LogP contribution in [-0.4, -0.2) is 33.8 Å². The van der Waals surface area contributed by atoms with Crippen molar-refractivity contribution in [2.45, 2.75) is 45.4 Å². The zero-order valence-corrected chi connectivity index (χ0v) is 13.5. The van der Waals surface area contributed by atoms with E-state index in [9.17, 15) is 0 Å². The second-order valence-electron chi connectivity index (χ2n) is 5.44. The van der Waals surface area contributed by atoms with Crippen LogP contribution < -0.4 is 5.43 Å². The second-order valence-corrected chi connectivity index (χ2v) is 5.82. The summed E-state index contributed by atoms with van der Waals surface area (Å²) in [7, 11) is 0. The molecule has 1 fully saturated rings. The third kappa shape index (κ3) is 5.42. The first-order valence-corrected chi connectivity index (χ1v) is 8.19. The zero-order chi connectivity index (χ0) is 14.9. The molecular formula is C16H24N4S. The van der Waals surface area contributed by atoms with E-state index in [-0.39, 0.29) is 0 Å². The van der Waals surface area contributed by atoms with Gasteiger partial charge in [0.2, 0.25) is 0 Å². The Morgan fingerprint density at radius 2 is 1.81 bits per heavy atom. The van der Waals surface area contributed by atoms with Crippen molar-refractivity contribution in [3.05, 3.63) is 30.1 Å². The molecule has 1 N–H and O–H groups in total. The Bertz CT molecular complexity index is 462. The van der Waals surface area contributed by atoms with E-state index in [0.29, 0.717) is 0 Å². The molecule has 0 atom stereocenters. The van der Waals surface area contributed by atoms with Gasteiger partial charge >= 0.3 is 0 Å². The van der Waals surface area contributed by atoms with Crippen molar-refractivity contribution in [1.29, 1.82) is 0 Å². The molecule has 0 spiro atoms. The highest BCUT2D eigenvalue weighted by Crippen LogP contribution is 2.11. The molecule has 21 heavy (non-hydrogen) atoms. The van der Waals surface area contributed by atoms with Crippen LogP contribution in [0.5, 0.6) is 0 Å². The van der Waals surface area contributed by atoms with E-state index in [1.807, 2.05) is 25.1 Å². The first-order valence-electron chi connectivity index (χ1n) is 7.78. The highest BCUT2D eigenvalue weighted by Gasteiger charge is 2.10. The maximum Gasteiger partial charge on any atom is 0.189 e. The van der Waals surface area contributed by atoms with Crippen molar-refractivity contribution in [3.63, 3.8) is 0 Å². The van der Waals surface area contributed by atoms with Gasteiger partial charge in [-0.05, 0) is 44.1 Å². The summed E-state index contributed by atoms with van der Waals surface area (Å²) < 4.78 is 0. The van der Waals surface area contributed by atoms with Gasteiger partial charge in [-0.1, -0.05) is 31.7 Å². The van der Waals surface area contributed by atoms with Crippen LogP contribution in [0.4, 0.5) is 0 Å². The molecule has 2 rings (SSSR count). The van der Waals surface area contributed by atoms with Crippen molar-refractivity contribution in [2.24, 2.45) is 5.10 Å². The Labute approximate surface area is 132 Å². The average molecular weight is 304 g/mol. The molecular weight excluding hydrogens is 280 g/mol.